The molecule has 6 aromatic rings. The summed E-state index contributed by atoms with van der Waals surface area (Å²) in [6, 6.07) is 13.0. The average molecular weight is 531 g/mol. The third-order valence-corrected chi connectivity index (χ3v) is 7.21. The number of aryl methyl sites for hydroxylation is 1. The number of H-pyrrole nitrogens is 2. The molecule has 0 saturated carbocycles. The van der Waals surface area contributed by atoms with Crippen LogP contribution in [-0.2, 0) is 16.3 Å². The van der Waals surface area contributed by atoms with Gasteiger partial charge in [0.25, 0.3) is 0 Å². The number of hydrogen-bond acceptors (Lipinski definition) is 6. The first-order valence-electron chi connectivity index (χ1n) is 11.7. The molecule has 0 aliphatic heterocycles. The van der Waals surface area contributed by atoms with E-state index in [1.807, 2.05) is 12.1 Å². The van der Waals surface area contributed by atoms with E-state index in [2.05, 4.69) is 30.1 Å². The van der Waals surface area contributed by atoms with Gasteiger partial charge in [-0.25, -0.2) is 27.2 Å². The minimum Gasteiger partial charge on any atom is -0.335 e. The fraction of sp³-hybridized carbons (Fsp3) is 0.111. The minimum absolute atomic E-state index is 0.0830. The van der Waals surface area contributed by atoms with Crippen LogP contribution in [0.2, 0.25) is 0 Å². The molecule has 0 atom stereocenters. The Morgan fingerprint density at radius 1 is 0.974 bits per heavy atom. The van der Waals surface area contributed by atoms with E-state index in [1.54, 1.807) is 36.8 Å². The highest BCUT2D eigenvalue weighted by atomic mass is 32.2. The van der Waals surface area contributed by atoms with E-state index in [1.165, 1.54) is 18.2 Å². The summed E-state index contributed by atoms with van der Waals surface area (Å²) in [5, 5.41) is 7.55. The molecule has 8 nitrogen and oxygen atoms in total. The van der Waals surface area contributed by atoms with Crippen molar-refractivity contribution in [2.24, 2.45) is 0 Å². The Balaban J connectivity index is 1.46. The Labute approximate surface area is 215 Å². The van der Waals surface area contributed by atoms with E-state index in [4.69, 9.17) is 0 Å². The number of hydrogen-bond donors (Lipinski definition) is 2. The molecule has 0 fully saturated rings. The van der Waals surface area contributed by atoms with Crippen LogP contribution in [0.1, 0.15) is 5.56 Å². The van der Waals surface area contributed by atoms with Crippen molar-refractivity contribution >= 4 is 31.9 Å². The summed E-state index contributed by atoms with van der Waals surface area (Å²) in [7, 11) is -3.20. The lowest BCUT2D eigenvalue weighted by atomic mass is 10.0. The predicted molar refractivity (Wildman–Crippen MR) is 141 cm³/mol. The third-order valence-electron chi connectivity index (χ3n) is 6.27. The summed E-state index contributed by atoms with van der Waals surface area (Å²) < 4.78 is 52.7. The number of nitrogens with zero attached hydrogens (tertiary/aromatic N) is 4. The summed E-state index contributed by atoms with van der Waals surface area (Å²) in [6.45, 7) is 0. The van der Waals surface area contributed by atoms with Crippen LogP contribution < -0.4 is 0 Å². The second kappa shape index (κ2) is 9.10. The molecule has 11 heteroatoms. The highest BCUT2D eigenvalue weighted by Crippen LogP contribution is 2.34. The summed E-state index contributed by atoms with van der Waals surface area (Å²) in [5.41, 5.74) is 4.72. The summed E-state index contributed by atoms with van der Waals surface area (Å²) >= 11 is 0. The molecule has 190 valence electrons. The zero-order valence-electron chi connectivity index (χ0n) is 20.0. The number of fused-ring (bicyclic) bond motifs is 2. The van der Waals surface area contributed by atoms with Gasteiger partial charge in [0.15, 0.2) is 17.3 Å². The van der Waals surface area contributed by atoms with E-state index in [0.717, 1.165) is 11.8 Å². The molecule has 6 rings (SSSR count). The van der Waals surface area contributed by atoms with Crippen LogP contribution in [0.5, 0.6) is 0 Å². The first-order valence-corrected chi connectivity index (χ1v) is 13.7. The average Bonchev–Trinajstić information content (AvgIpc) is 3.51. The number of aromatic amines is 2. The second-order valence-electron chi connectivity index (χ2n) is 9.07. The smallest absolute Gasteiger partial charge is 0.178 e. The van der Waals surface area contributed by atoms with Crippen LogP contribution in [0.4, 0.5) is 8.78 Å². The largest absolute Gasteiger partial charge is 0.335 e. The van der Waals surface area contributed by atoms with Crippen molar-refractivity contribution in [1.82, 2.24) is 30.1 Å². The lowest BCUT2D eigenvalue weighted by Gasteiger charge is -2.07. The Morgan fingerprint density at radius 2 is 1.84 bits per heavy atom. The van der Waals surface area contributed by atoms with Gasteiger partial charge in [-0.05, 0) is 59.5 Å². The molecule has 0 radical (unpaired) electrons. The molecule has 0 spiro atoms. The van der Waals surface area contributed by atoms with Gasteiger partial charge in [-0.3, -0.25) is 10.1 Å². The molecule has 0 aliphatic carbocycles. The molecule has 2 aromatic carbocycles. The molecular formula is C27H20F2N6O2S. The van der Waals surface area contributed by atoms with Gasteiger partial charge in [0.1, 0.15) is 26.9 Å². The third kappa shape index (κ3) is 4.52. The highest BCUT2D eigenvalue weighted by Gasteiger charge is 2.19. The Morgan fingerprint density at radius 3 is 2.63 bits per heavy atom. The van der Waals surface area contributed by atoms with Crippen molar-refractivity contribution in [3.05, 3.63) is 84.3 Å². The van der Waals surface area contributed by atoms with Crippen LogP contribution in [-0.4, -0.2) is 50.6 Å². The van der Waals surface area contributed by atoms with Crippen LogP contribution in [0, 0.1) is 11.6 Å². The van der Waals surface area contributed by atoms with Gasteiger partial charge in [0.2, 0.25) is 0 Å². The SMILES string of the molecule is CS(=O)(=O)CCc1cc(F)cc(-c2ccnc3nc(-c4[nH]nc5c(F)cc(-c6cccnc6)cc45)[nH]c23)c1. The Hall–Kier alpha value is -4.51. The maximum Gasteiger partial charge on any atom is 0.178 e. The monoisotopic (exact) mass is 530 g/mol. The molecule has 0 amide bonds. The quantitative estimate of drug-likeness (QED) is 0.310. The van der Waals surface area contributed by atoms with Gasteiger partial charge in [0, 0.05) is 41.4 Å². The van der Waals surface area contributed by atoms with Gasteiger partial charge in [0.05, 0.1) is 11.3 Å². The zero-order valence-corrected chi connectivity index (χ0v) is 20.9. The maximum atomic E-state index is 14.9. The van der Waals surface area contributed by atoms with Crippen LogP contribution >= 0.6 is 0 Å². The number of aromatic nitrogens is 6. The first kappa shape index (κ1) is 23.9. The van der Waals surface area contributed by atoms with Crippen LogP contribution in [0.15, 0.2) is 67.1 Å². The second-order valence-corrected chi connectivity index (χ2v) is 11.3. The number of benzene rings is 2. The molecule has 0 aliphatic rings. The van der Waals surface area contributed by atoms with E-state index < -0.39 is 21.5 Å². The fourth-order valence-electron chi connectivity index (χ4n) is 4.48. The van der Waals surface area contributed by atoms with Gasteiger partial charge < -0.3 is 4.98 Å². The lowest BCUT2D eigenvalue weighted by Crippen LogP contribution is -2.06. The molecule has 4 heterocycles. The standard InChI is InChI=1S/C27H20F2N6O2S/c1-38(36,37)8-5-15-9-18(11-19(28)10-15)20-4-7-31-26-24(20)32-27(33-26)25-21-12-17(16-3-2-6-30-14-16)13-22(29)23(21)34-35-25/h2-4,6-7,9-14H,5,8H2,1H3,(H,34,35)(H,31,32,33). The molecule has 0 bridgehead atoms. The number of sulfone groups is 1. The van der Waals surface area contributed by atoms with Crippen LogP contribution in [0.3, 0.4) is 0 Å². The van der Waals surface area contributed by atoms with Gasteiger partial charge in [-0.2, -0.15) is 5.10 Å². The molecule has 38 heavy (non-hydrogen) atoms. The van der Waals surface area contributed by atoms with E-state index in [9.17, 15) is 17.2 Å². The molecule has 0 saturated heterocycles. The first-order chi connectivity index (χ1) is 18.2. The van der Waals surface area contributed by atoms with E-state index in [-0.39, 0.29) is 17.7 Å². The maximum absolute atomic E-state index is 14.9. The fourth-order valence-corrected chi connectivity index (χ4v) is 5.09. The van der Waals surface area contributed by atoms with Crippen molar-refractivity contribution in [1.29, 1.82) is 0 Å². The summed E-state index contributed by atoms with van der Waals surface area (Å²) in [4.78, 5) is 16.3. The topological polar surface area (TPSA) is 117 Å². The molecule has 2 N–H and O–H groups in total. The molecule has 0 unspecified atom stereocenters. The molecular weight excluding hydrogens is 510 g/mol. The Bertz CT molecular complexity index is 1930. The van der Waals surface area contributed by atoms with Crippen LogP contribution in [0.25, 0.3) is 55.8 Å². The van der Waals surface area contributed by atoms with Crippen molar-refractivity contribution < 1.29 is 17.2 Å². The Kier molecular flexibility index (Phi) is 5.72. The molecule has 4 aromatic heterocycles. The van der Waals surface area contributed by atoms with E-state index in [0.29, 0.717) is 50.3 Å². The van der Waals surface area contributed by atoms with Crippen molar-refractivity contribution in [3.8, 4) is 33.8 Å². The number of nitrogens with one attached hydrogen (secondary N) is 2. The highest BCUT2D eigenvalue weighted by molar-refractivity contribution is 7.90. The van der Waals surface area contributed by atoms with Crippen molar-refractivity contribution in [2.75, 3.05) is 12.0 Å². The number of pyridine rings is 2. The summed E-state index contributed by atoms with van der Waals surface area (Å²) in [5.74, 6) is -0.659. The van der Waals surface area contributed by atoms with Crippen molar-refractivity contribution in [2.45, 2.75) is 6.42 Å². The minimum atomic E-state index is -3.20. The van der Waals surface area contributed by atoms with Gasteiger partial charge >= 0.3 is 0 Å². The van der Waals surface area contributed by atoms with Gasteiger partial charge in [-0.1, -0.05) is 12.1 Å². The number of halogens is 2. The summed E-state index contributed by atoms with van der Waals surface area (Å²) in [6.07, 6.45) is 6.21. The lowest BCUT2D eigenvalue weighted by molar-refractivity contribution is 0.600. The predicted octanol–water partition coefficient (Wildman–Crippen LogP) is 5.10. The van der Waals surface area contributed by atoms with Crippen molar-refractivity contribution in [3.63, 3.8) is 0 Å². The number of rotatable bonds is 6. The normalized spacial score (nSPS) is 12.0. The number of imidazole rings is 1. The zero-order chi connectivity index (χ0) is 26.4. The van der Waals surface area contributed by atoms with E-state index >= 15 is 0 Å². The van der Waals surface area contributed by atoms with Gasteiger partial charge in [-0.15, -0.1) is 0 Å².